The van der Waals surface area contributed by atoms with Gasteiger partial charge < -0.3 is 14.6 Å². The molecule has 19 heavy (non-hydrogen) atoms. The van der Waals surface area contributed by atoms with Crippen molar-refractivity contribution in [3.05, 3.63) is 30.1 Å². The first kappa shape index (κ1) is 13.5. The van der Waals surface area contributed by atoms with E-state index in [9.17, 15) is 0 Å². The Hall–Kier alpha value is -1.88. The smallest absolute Gasteiger partial charge is 0.258 e. The van der Waals surface area contributed by atoms with Gasteiger partial charge in [0, 0.05) is 25.4 Å². The van der Waals surface area contributed by atoms with E-state index in [1.807, 2.05) is 31.3 Å². The van der Waals surface area contributed by atoms with Crippen molar-refractivity contribution in [3.8, 4) is 11.5 Å². The lowest BCUT2D eigenvalue weighted by Crippen LogP contribution is -2.03. The number of nitrogens with one attached hydrogen (secondary N) is 1. The second kappa shape index (κ2) is 6.33. The van der Waals surface area contributed by atoms with Gasteiger partial charge in [-0.1, -0.05) is 18.5 Å². The predicted molar refractivity (Wildman–Crippen MR) is 73.9 cm³/mol. The van der Waals surface area contributed by atoms with Crippen LogP contribution in [0.3, 0.4) is 0 Å². The maximum absolute atomic E-state index is 5.37. The number of nitrogens with zero attached hydrogens (tertiary/aromatic N) is 2. The zero-order valence-electron chi connectivity index (χ0n) is 11.5. The topological polar surface area (TPSA) is 60.2 Å². The summed E-state index contributed by atoms with van der Waals surface area (Å²) in [7, 11) is 3.55. The van der Waals surface area contributed by atoms with E-state index in [0.29, 0.717) is 11.7 Å². The molecule has 5 heteroatoms. The Morgan fingerprint density at radius 3 is 2.63 bits per heavy atom. The number of rotatable bonds is 6. The van der Waals surface area contributed by atoms with Crippen LogP contribution in [-0.4, -0.2) is 24.3 Å². The standard InChI is InChI=1S/C14H19N3O2/c1-4-5-12(18-3)13-16-14(19-17-13)10-6-8-11(15-2)9-7-10/h6-9,12,15H,4-5H2,1-3H3. The van der Waals surface area contributed by atoms with Gasteiger partial charge in [0.25, 0.3) is 5.89 Å². The van der Waals surface area contributed by atoms with Crippen LogP contribution < -0.4 is 5.32 Å². The Labute approximate surface area is 113 Å². The van der Waals surface area contributed by atoms with Crippen LogP contribution in [0.5, 0.6) is 0 Å². The highest BCUT2D eigenvalue weighted by Gasteiger charge is 2.17. The van der Waals surface area contributed by atoms with Gasteiger partial charge >= 0.3 is 0 Å². The fourth-order valence-electron chi connectivity index (χ4n) is 1.88. The quantitative estimate of drug-likeness (QED) is 0.864. The van der Waals surface area contributed by atoms with E-state index in [4.69, 9.17) is 9.26 Å². The highest BCUT2D eigenvalue weighted by atomic mass is 16.5. The van der Waals surface area contributed by atoms with Crippen molar-refractivity contribution in [1.82, 2.24) is 10.1 Å². The summed E-state index contributed by atoms with van der Waals surface area (Å²) in [5, 5.41) is 7.07. The molecule has 1 aromatic carbocycles. The van der Waals surface area contributed by atoms with E-state index in [0.717, 1.165) is 24.1 Å². The predicted octanol–water partition coefficient (Wildman–Crippen LogP) is 3.27. The van der Waals surface area contributed by atoms with Crippen LogP contribution in [0.4, 0.5) is 5.69 Å². The molecule has 0 saturated carbocycles. The van der Waals surface area contributed by atoms with Gasteiger partial charge in [0.1, 0.15) is 6.10 Å². The van der Waals surface area contributed by atoms with Crippen molar-refractivity contribution in [1.29, 1.82) is 0 Å². The van der Waals surface area contributed by atoms with E-state index >= 15 is 0 Å². The Kier molecular flexibility index (Phi) is 4.52. The third-order valence-corrected chi connectivity index (χ3v) is 2.99. The number of benzene rings is 1. The van der Waals surface area contributed by atoms with Gasteiger partial charge in [-0.25, -0.2) is 0 Å². The highest BCUT2D eigenvalue weighted by Crippen LogP contribution is 2.24. The number of methoxy groups -OCH3 is 1. The maximum Gasteiger partial charge on any atom is 0.258 e. The lowest BCUT2D eigenvalue weighted by Gasteiger charge is -2.08. The van der Waals surface area contributed by atoms with Gasteiger partial charge in [0.2, 0.25) is 5.82 Å². The van der Waals surface area contributed by atoms with Crippen LogP contribution in [0.1, 0.15) is 31.7 Å². The van der Waals surface area contributed by atoms with Crippen molar-refractivity contribution in [2.45, 2.75) is 25.9 Å². The largest absolute Gasteiger partial charge is 0.388 e. The molecule has 1 aromatic heterocycles. The Morgan fingerprint density at radius 1 is 1.32 bits per heavy atom. The third-order valence-electron chi connectivity index (χ3n) is 2.99. The molecular weight excluding hydrogens is 242 g/mol. The van der Waals surface area contributed by atoms with Crippen LogP contribution in [0.25, 0.3) is 11.5 Å². The number of anilines is 1. The van der Waals surface area contributed by atoms with Crippen LogP contribution in [0.15, 0.2) is 28.8 Å². The molecule has 0 aliphatic carbocycles. The minimum Gasteiger partial charge on any atom is -0.388 e. The molecule has 2 aromatic rings. The SMILES string of the molecule is CCCC(OC)c1noc(-c2ccc(NC)cc2)n1. The molecule has 0 amide bonds. The Balaban J connectivity index is 2.19. The van der Waals surface area contributed by atoms with E-state index < -0.39 is 0 Å². The van der Waals surface area contributed by atoms with Gasteiger partial charge in [-0.05, 0) is 30.7 Å². The zero-order valence-corrected chi connectivity index (χ0v) is 11.5. The van der Waals surface area contributed by atoms with Crippen molar-refractivity contribution in [2.24, 2.45) is 0 Å². The second-order valence-corrected chi connectivity index (χ2v) is 4.30. The molecule has 1 N–H and O–H groups in total. The molecule has 0 aliphatic rings. The van der Waals surface area contributed by atoms with E-state index in [1.54, 1.807) is 7.11 Å². The van der Waals surface area contributed by atoms with Gasteiger partial charge in [0.15, 0.2) is 0 Å². The van der Waals surface area contributed by atoms with Crippen LogP contribution in [0, 0.1) is 0 Å². The fraction of sp³-hybridized carbons (Fsp3) is 0.429. The van der Waals surface area contributed by atoms with Gasteiger partial charge in [0.05, 0.1) is 0 Å². The number of hydrogen-bond donors (Lipinski definition) is 1. The van der Waals surface area contributed by atoms with E-state index in [2.05, 4.69) is 22.4 Å². The molecule has 1 heterocycles. The second-order valence-electron chi connectivity index (χ2n) is 4.30. The lowest BCUT2D eigenvalue weighted by atomic mass is 10.2. The molecule has 102 valence electrons. The summed E-state index contributed by atoms with van der Waals surface area (Å²) in [5.41, 5.74) is 1.95. The van der Waals surface area contributed by atoms with Crippen LogP contribution in [-0.2, 0) is 4.74 Å². The summed E-state index contributed by atoms with van der Waals surface area (Å²) >= 11 is 0. The monoisotopic (exact) mass is 261 g/mol. The van der Waals surface area contributed by atoms with Gasteiger partial charge in [-0.15, -0.1) is 0 Å². The number of aromatic nitrogens is 2. The van der Waals surface area contributed by atoms with Crippen LogP contribution in [0.2, 0.25) is 0 Å². The minimum absolute atomic E-state index is 0.0981. The average molecular weight is 261 g/mol. The number of hydrogen-bond acceptors (Lipinski definition) is 5. The zero-order chi connectivity index (χ0) is 13.7. The molecule has 0 aliphatic heterocycles. The lowest BCUT2D eigenvalue weighted by molar-refractivity contribution is 0.0854. The van der Waals surface area contributed by atoms with Crippen molar-refractivity contribution in [2.75, 3.05) is 19.5 Å². The van der Waals surface area contributed by atoms with E-state index in [-0.39, 0.29) is 6.10 Å². The molecule has 1 atom stereocenters. The summed E-state index contributed by atoms with van der Waals surface area (Å²) in [5.74, 6) is 1.13. The summed E-state index contributed by atoms with van der Waals surface area (Å²) in [6.45, 7) is 2.10. The summed E-state index contributed by atoms with van der Waals surface area (Å²) in [4.78, 5) is 4.40. The van der Waals surface area contributed by atoms with E-state index in [1.165, 1.54) is 0 Å². The normalized spacial score (nSPS) is 12.4. The first-order valence-corrected chi connectivity index (χ1v) is 6.43. The van der Waals surface area contributed by atoms with Gasteiger partial charge in [-0.2, -0.15) is 4.98 Å². The van der Waals surface area contributed by atoms with Crippen LogP contribution >= 0.6 is 0 Å². The molecular formula is C14H19N3O2. The fourth-order valence-corrected chi connectivity index (χ4v) is 1.88. The molecule has 5 nitrogen and oxygen atoms in total. The third kappa shape index (κ3) is 3.12. The summed E-state index contributed by atoms with van der Waals surface area (Å²) in [6.07, 6.45) is 1.80. The molecule has 0 saturated heterocycles. The van der Waals surface area contributed by atoms with Crippen molar-refractivity contribution < 1.29 is 9.26 Å². The highest BCUT2D eigenvalue weighted by molar-refractivity contribution is 5.58. The molecule has 1 unspecified atom stereocenters. The maximum atomic E-state index is 5.37. The molecule has 2 rings (SSSR count). The first-order valence-electron chi connectivity index (χ1n) is 6.43. The Morgan fingerprint density at radius 2 is 2.05 bits per heavy atom. The number of ether oxygens (including phenoxy) is 1. The molecule has 0 spiro atoms. The summed E-state index contributed by atoms with van der Waals surface area (Å²) < 4.78 is 10.7. The average Bonchev–Trinajstić information content (AvgIpc) is 2.94. The van der Waals surface area contributed by atoms with Crippen molar-refractivity contribution >= 4 is 5.69 Å². The van der Waals surface area contributed by atoms with Crippen molar-refractivity contribution in [3.63, 3.8) is 0 Å². The summed E-state index contributed by atoms with van der Waals surface area (Å²) in [6, 6.07) is 7.84. The molecule has 0 bridgehead atoms. The van der Waals surface area contributed by atoms with Gasteiger partial charge in [-0.3, -0.25) is 0 Å². The molecule has 0 fully saturated rings. The minimum atomic E-state index is -0.0981. The Bertz CT molecular complexity index is 508. The molecule has 0 radical (unpaired) electrons. The first-order chi connectivity index (χ1) is 9.28.